The van der Waals surface area contributed by atoms with Crippen LogP contribution in [0.25, 0.3) is 0 Å². The monoisotopic (exact) mass is 356 g/mol. The Labute approximate surface area is 133 Å². The first-order chi connectivity index (χ1) is 10.0. The summed E-state index contributed by atoms with van der Waals surface area (Å²) in [7, 11) is 1.59. The number of ether oxygens (including phenoxy) is 1. The molecule has 1 N–H and O–H groups in total. The molecule has 1 fully saturated rings. The molecule has 116 valence electrons. The van der Waals surface area contributed by atoms with E-state index in [2.05, 4.69) is 20.8 Å². The van der Waals surface area contributed by atoms with Crippen LogP contribution in [0.3, 0.4) is 0 Å². The summed E-state index contributed by atoms with van der Waals surface area (Å²) in [5.74, 6) is 0.687. The van der Waals surface area contributed by atoms with E-state index in [1.165, 1.54) is 0 Å². The maximum Gasteiger partial charge on any atom is 0.255 e. The van der Waals surface area contributed by atoms with Crippen molar-refractivity contribution in [3.05, 3.63) is 28.2 Å². The van der Waals surface area contributed by atoms with Crippen molar-refractivity contribution < 1.29 is 14.6 Å². The van der Waals surface area contributed by atoms with Gasteiger partial charge in [0.25, 0.3) is 5.91 Å². The van der Waals surface area contributed by atoms with E-state index < -0.39 is 0 Å². The van der Waals surface area contributed by atoms with Crippen molar-refractivity contribution in [2.24, 2.45) is 0 Å². The van der Waals surface area contributed by atoms with E-state index in [9.17, 15) is 9.90 Å². The number of β-amino-alcohol motifs (C(OH)–C–C–N with tert-alkyl or cyclic N) is 1. The van der Waals surface area contributed by atoms with Crippen molar-refractivity contribution in [3.8, 4) is 5.75 Å². The van der Waals surface area contributed by atoms with E-state index >= 15 is 0 Å². The third kappa shape index (κ3) is 4.18. The molecule has 5 nitrogen and oxygen atoms in total. The van der Waals surface area contributed by atoms with Crippen LogP contribution in [0.1, 0.15) is 17.3 Å². The normalized spacial score (nSPS) is 17.6. The molecule has 1 heterocycles. The number of nitrogens with zero attached hydrogens (tertiary/aromatic N) is 2. The number of methoxy groups -OCH3 is 1. The van der Waals surface area contributed by atoms with E-state index in [4.69, 9.17) is 4.74 Å². The highest BCUT2D eigenvalue weighted by Crippen LogP contribution is 2.24. The predicted octanol–water partition coefficient (Wildman–Crippen LogP) is 1.60. The second-order valence-corrected chi connectivity index (χ2v) is 6.14. The Balaban J connectivity index is 2.02. The second kappa shape index (κ2) is 7.24. The van der Waals surface area contributed by atoms with Gasteiger partial charge in [-0.15, -0.1) is 0 Å². The fraction of sp³-hybridized carbons (Fsp3) is 0.533. The molecule has 0 saturated carbocycles. The van der Waals surface area contributed by atoms with Gasteiger partial charge in [0.2, 0.25) is 0 Å². The number of hydrogen-bond donors (Lipinski definition) is 1. The average Bonchev–Trinajstić information content (AvgIpc) is 2.47. The zero-order chi connectivity index (χ0) is 15.4. The molecule has 0 radical (unpaired) electrons. The third-order valence-corrected chi connectivity index (χ3v) is 4.28. The summed E-state index contributed by atoms with van der Waals surface area (Å²) < 4.78 is 5.96. The Kier molecular flexibility index (Phi) is 5.61. The summed E-state index contributed by atoms with van der Waals surface area (Å²) in [5, 5.41) is 9.41. The standard InChI is InChI=1S/C15H21BrN2O3/c1-11(19)10-17-5-7-18(8-6-17)15(20)13-9-12(21-2)3-4-14(13)16/h3-4,9,11,19H,5-8,10H2,1-2H3. The Morgan fingerprint density at radius 3 is 2.62 bits per heavy atom. The number of hydrogen-bond acceptors (Lipinski definition) is 4. The Hall–Kier alpha value is -1.11. The fourth-order valence-corrected chi connectivity index (χ4v) is 2.89. The summed E-state index contributed by atoms with van der Waals surface area (Å²) in [5.41, 5.74) is 0.623. The molecule has 1 atom stereocenters. The zero-order valence-electron chi connectivity index (χ0n) is 12.4. The summed E-state index contributed by atoms with van der Waals surface area (Å²) in [6.45, 7) is 5.37. The van der Waals surface area contributed by atoms with Gasteiger partial charge >= 0.3 is 0 Å². The minimum absolute atomic E-state index is 0.0115. The molecule has 1 aromatic rings. The van der Waals surface area contributed by atoms with Crippen LogP contribution < -0.4 is 4.74 Å². The number of halogens is 1. The van der Waals surface area contributed by atoms with E-state index in [1.807, 2.05) is 17.0 Å². The van der Waals surface area contributed by atoms with Crippen molar-refractivity contribution in [2.75, 3.05) is 39.8 Å². The van der Waals surface area contributed by atoms with Gasteiger partial charge in [-0.3, -0.25) is 9.69 Å². The maximum absolute atomic E-state index is 12.6. The molecular weight excluding hydrogens is 336 g/mol. The Morgan fingerprint density at radius 1 is 1.38 bits per heavy atom. The third-order valence-electron chi connectivity index (χ3n) is 3.59. The minimum Gasteiger partial charge on any atom is -0.497 e. The molecule has 1 aliphatic rings. The molecule has 1 unspecified atom stereocenters. The van der Waals surface area contributed by atoms with E-state index in [1.54, 1.807) is 20.1 Å². The molecule has 0 aromatic heterocycles. The Bertz CT molecular complexity index is 500. The van der Waals surface area contributed by atoms with Gasteiger partial charge in [0, 0.05) is 37.2 Å². The largest absolute Gasteiger partial charge is 0.497 e. The lowest BCUT2D eigenvalue weighted by molar-refractivity contribution is 0.0553. The lowest BCUT2D eigenvalue weighted by Crippen LogP contribution is -2.50. The highest BCUT2D eigenvalue weighted by Gasteiger charge is 2.24. The van der Waals surface area contributed by atoms with Gasteiger partial charge in [-0.05, 0) is 41.1 Å². The van der Waals surface area contributed by atoms with Gasteiger partial charge in [0.05, 0.1) is 18.8 Å². The number of rotatable bonds is 4. The molecule has 1 aromatic carbocycles. The zero-order valence-corrected chi connectivity index (χ0v) is 14.0. The second-order valence-electron chi connectivity index (χ2n) is 5.29. The highest BCUT2D eigenvalue weighted by molar-refractivity contribution is 9.10. The molecule has 0 aliphatic carbocycles. The van der Waals surface area contributed by atoms with Crippen molar-refractivity contribution in [1.82, 2.24) is 9.80 Å². The molecule has 21 heavy (non-hydrogen) atoms. The number of aliphatic hydroxyl groups is 1. The molecule has 0 bridgehead atoms. The van der Waals surface area contributed by atoms with Crippen molar-refractivity contribution >= 4 is 21.8 Å². The predicted molar refractivity (Wildman–Crippen MR) is 84.7 cm³/mol. The van der Waals surface area contributed by atoms with E-state index in [-0.39, 0.29) is 12.0 Å². The van der Waals surface area contributed by atoms with Crippen LogP contribution in [-0.4, -0.2) is 66.8 Å². The van der Waals surface area contributed by atoms with Crippen molar-refractivity contribution in [1.29, 1.82) is 0 Å². The van der Waals surface area contributed by atoms with Crippen molar-refractivity contribution in [2.45, 2.75) is 13.0 Å². The first kappa shape index (κ1) is 16.3. The number of carbonyl (C=O) groups is 1. The van der Waals surface area contributed by atoms with Crippen LogP contribution in [0.2, 0.25) is 0 Å². The van der Waals surface area contributed by atoms with Crippen LogP contribution in [-0.2, 0) is 0 Å². The minimum atomic E-state index is -0.334. The molecule has 1 saturated heterocycles. The van der Waals surface area contributed by atoms with Crippen LogP contribution >= 0.6 is 15.9 Å². The smallest absolute Gasteiger partial charge is 0.255 e. The van der Waals surface area contributed by atoms with Crippen LogP contribution in [0.5, 0.6) is 5.75 Å². The molecular formula is C15H21BrN2O3. The van der Waals surface area contributed by atoms with Gasteiger partial charge in [0.1, 0.15) is 5.75 Å². The maximum atomic E-state index is 12.6. The summed E-state index contributed by atoms with van der Waals surface area (Å²) in [4.78, 5) is 16.6. The van der Waals surface area contributed by atoms with Crippen LogP contribution in [0.4, 0.5) is 0 Å². The van der Waals surface area contributed by atoms with Gasteiger partial charge in [-0.25, -0.2) is 0 Å². The number of carbonyl (C=O) groups excluding carboxylic acids is 1. The van der Waals surface area contributed by atoms with E-state index in [0.29, 0.717) is 30.9 Å². The van der Waals surface area contributed by atoms with Gasteiger partial charge in [-0.2, -0.15) is 0 Å². The van der Waals surface area contributed by atoms with E-state index in [0.717, 1.165) is 17.6 Å². The summed E-state index contributed by atoms with van der Waals surface area (Å²) in [6.07, 6.45) is -0.334. The van der Waals surface area contributed by atoms with Crippen LogP contribution in [0.15, 0.2) is 22.7 Å². The quantitative estimate of drug-likeness (QED) is 0.890. The van der Waals surface area contributed by atoms with Gasteiger partial charge in [0.15, 0.2) is 0 Å². The first-order valence-electron chi connectivity index (χ1n) is 7.04. The molecule has 1 aliphatic heterocycles. The molecule has 2 rings (SSSR count). The van der Waals surface area contributed by atoms with Crippen LogP contribution in [0, 0.1) is 0 Å². The fourth-order valence-electron chi connectivity index (χ4n) is 2.47. The first-order valence-corrected chi connectivity index (χ1v) is 7.84. The number of amides is 1. The Morgan fingerprint density at radius 2 is 2.05 bits per heavy atom. The average molecular weight is 357 g/mol. The lowest BCUT2D eigenvalue weighted by atomic mass is 10.1. The molecule has 1 amide bonds. The number of aliphatic hydroxyl groups excluding tert-OH is 1. The SMILES string of the molecule is COc1ccc(Br)c(C(=O)N2CCN(CC(C)O)CC2)c1. The van der Waals surface area contributed by atoms with Crippen molar-refractivity contribution in [3.63, 3.8) is 0 Å². The van der Waals surface area contributed by atoms with Gasteiger partial charge < -0.3 is 14.7 Å². The molecule has 0 spiro atoms. The topological polar surface area (TPSA) is 53.0 Å². The number of piperazine rings is 1. The lowest BCUT2D eigenvalue weighted by Gasteiger charge is -2.35. The number of benzene rings is 1. The summed E-state index contributed by atoms with van der Waals surface area (Å²) >= 11 is 3.42. The summed E-state index contributed by atoms with van der Waals surface area (Å²) in [6, 6.07) is 5.41. The highest BCUT2D eigenvalue weighted by atomic mass is 79.9. The molecule has 6 heteroatoms. The van der Waals surface area contributed by atoms with Gasteiger partial charge in [-0.1, -0.05) is 0 Å².